The van der Waals surface area contributed by atoms with Crippen LogP contribution in [0.25, 0.3) is 11.5 Å². The number of hydrogen-bond acceptors (Lipinski definition) is 6. The molecule has 0 spiro atoms. The molecule has 0 atom stereocenters. The number of nitrogens with zero attached hydrogens (tertiary/aromatic N) is 5. The maximum Gasteiger partial charge on any atom is 0.227 e. The summed E-state index contributed by atoms with van der Waals surface area (Å²) in [6, 6.07) is 3.76. The highest BCUT2D eigenvalue weighted by atomic mass is 16.5. The first-order chi connectivity index (χ1) is 10.3. The fourth-order valence-electron chi connectivity index (χ4n) is 2.62. The van der Waals surface area contributed by atoms with Crippen LogP contribution in [0.4, 0.5) is 0 Å². The second kappa shape index (κ2) is 6.76. The lowest BCUT2D eigenvalue weighted by Gasteiger charge is -2.25. The Bertz CT molecular complexity index is 560. The van der Waals surface area contributed by atoms with Crippen LogP contribution in [0.5, 0.6) is 0 Å². The van der Waals surface area contributed by atoms with Crippen molar-refractivity contribution in [2.24, 2.45) is 0 Å². The van der Waals surface area contributed by atoms with Crippen molar-refractivity contribution < 1.29 is 4.52 Å². The molecule has 3 heterocycles. The number of likely N-dealkylation sites (tertiary alicyclic amines) is 1. The molecule has 1 aliphatic rings. The van der Waals surface area contributed by atoms with E-state index in [-0.39, 0.29) is 0 Å². The van der Waals surface area contributed by atoms with Gasteiger partial charge < -0.3 is 9.42 Å². The molecule has 0 unspecified atom stereocenters. The van der Waals surface area contributed by atoms with Gasteiger partial charge in [0.15, 0.2) is 0 Å². The summed E-state index contributed by atoms with van der Waals surface area (Å²) in [4.78, 5) is 6.91. The largest absolute Gasteiger partial charge is 0.339 e. The van der Waals surface area contributed by atoms with Crippen LogP contribution in [0.3, 0.4) is 0 Å². The standard InChI is InChI=1S/C15H21N5O/c1-12-7-8-13(18-17-12)15-16-14(21-19-15)6-5-11-20-9-3-2-4-10-20/h7-8H,2-6,9-11H2,1H3. The fraction of sp³-hybridized carbons (Fsp3) is 0.600. The van der Waals surface area contributed by atoms with Crippen LogP contribution in [0.15, 0.2) is 16.7 Å². The molecule has 6 heteroatoms. The molecule has 21 heavy (non-hydrogen) atoms. The van der Waals surface area contributed by atoms with Gasteiger partial charge in [0, 0.05) is 6.42 Å². The van der Waals surface area contributed by atoms with Crippen LogP contribution >= 0.6 is 0 Å². The van der Waals surface area contributed by atoms with Crippen molar-refractivity contribution in [1.82, 2.24) is 25.2 Å². The number of hydrogen-bond donors (Lipinski definition) is 0. The molecule has 1 saturated heterocycles. The molecule has 3 rings (SSSR count). The van der Waals surface area contributed by atoms with Crippen LogP contribution in [-0.4, -0.2) is 44.9 Å². The van der Waals surface area contributed by atoms with Crippen LogP contribution in [0.2, 0.25) is 0 Å². The number of aromatic nitrogens is 4. The topological polar surface area (TPSA) is 67.9 Å². The molecule has 2 aromatic heterocycles. The summed E-state index contributed by atoms with van der Waals surface area (Å²) in [7, 11) is 0. The number of rotatable bonds is 5. The maximum absolute atomic E-state index is 5.29. The molecule has 0 N–H and O–H groups in total. The molecule has 0 amide bonds. The molecule has 0 saturated carbocycles. The van der Waals surface area contributed by atoms with E-state index in [1.54, 1.807) is 0 Å². The van der Waals surface area contributed by atoms with Crippen LogP contribution in [0, 0.1) is 6.92 Å². The van der Waals surface area contributed by atoms with E-state index in [0.29, 0.717) is 17.4 Å². The SMILES string of the molecule is Cc1ccc(-c2noc(CCCN3CCCCC3)n2)nn1. The Morgan fingerprint density at radius 2 is 2.00 bits per heavy atom. The molecule has 0 bridgehead atoms. The first-order valence-electron chi connectivity index (χ1n) is 7.67. The predicted molar refractivity (Wildman–Crippen MR) is 78.7 cm³/mol. The van der Waals surface area contributed by atoms with E-state index in [1.807, 2.05) is 19.1 Å². The van der Waals surface area contributed by atoms with E-state index in [9.17, 15) is 0 Å². The van der Waals surface area contributed by atoms with E-state index in [4.69, 9.17) is 4.52 Å². The van der Waals surface area contributed by atoms with Gasteiger partial charge in [-0.3, -0.25) is 0 Å². The summed E-state index contributed by atoms with van der Waals surface area (Å²) in [6.07, 6.45) is 5.92. The normalized spacial score (nSPS) is 16.2. The third kappa shape index (κ3) is 3.85. The highest BCUT2D eigenvalue weighted by molar-refractivity contribution is 5.46. The highest BCUT2D eigenvalue weighted by Gasteiger charge is 2.12. The average Bonchev–Trinajstić information content (AvgIpc) is 2.98. The van der Waals surface area contributed by atoms with Gasteiger partial charge in [-0.25, -0.2) is 0 Å². The minimum atomic E-state index is 0.524. The van der Waals surface area contributed by atoms with Crippen molar-refractivity contribution >= 4 is 0 Å². The average molecular weight is 287 g/mol. The van der Waals surface area contributed by atoms with Crippen LogP contribution < -0.4 is 0 Å². The summed E-state index contributed by atoms with van der Waals surface area (Å²) in [5.41, 5.74) is 1.54. The Morgan fingerprint density at radius 1 is 1.14 bits per heavy atom. The predicted octanol–water partition coefficient (Wildman–Crippen LogP) is 2.25. The minimum absolute atomic E-state index is 0.524. The molecule has 1 fully saturated rings. The summed E-state index contributed by atoms with van der Waals surface area (Å²) in [5.74, 6) is 1.21. The monoisotopic (exact) mass is 287 g/mol. The van der Waals surface area contributed by atoms with E-state index in [2.05, 4.69) is 25.2 Å². The Labute approximate surface area is 124 Å². The van der Waals surface area contributed by atoms with Gasteiger partial charge in [0.2, 0.25) is 11.7 Å². The van der Waals surface area contributed by atoms with E-state index >= 15 is 0 Å². The quantitative estimate of drug-likeness (QED) is 0.840. The molecule has 2 aromatic rings. The molecule has 0 aliphatic carbocycles. The Balaban J connectivity index is 1.51. The highest BCUT2D eigenvalue weighted by Crippen LogP contribution is 2.14. The number of piperidine rings is 1. The lowest BCUT2D eigenvalue weighted by Crippen LogP contribution is -2.30. The zero-order valence-corrected chi connectivity index (χ0v) is 12.5. The third-order valence-electron chi connectivity index (χ3n) is 3.81. The molecule has 1 aliphatic heterocycles. The van der Waals surface area contributed by atoms with E-state index in [1.165, 1.54) is 32.4 Å². The van der Waals surface area contributed by atoms with Gasteiger partial charge in [-0.2, -0.15) is 10.1 Å². The van der Waals surface area contributed by atoms with Gasteiger partial charge in [-0.05, 0) is 58.0 Å². The van der Waals surface area contributed by atoms with Crippen molar-refractivity contribution in [3.63, 3.8) is 0 Å². The Kier molecular flexibility index (Phi) is 4.55. The summed E-state index contributed by atoms with van der Waals surface area (Å²) in [5, 5.41) is 12.1. The zero-order valence-electron chi connectivity index (χ0n) is 12.5. The lowest BCUT2D eigenvalue weighted by atomic mass is 10.1. The lowest BCUT2D eigenvalue weighted by molar-refractivity contribution is 0.223. The van der Waals surface area contributed by atoms with Crippen molar-refractivity contribution in [3.05, 3.63) is 23.7 Å². The minimum Gasteiger partial charge on any atom is -0.339 e. The molecule has 0 radical (unpaired) electrons. The summed E-state index contributed by atoms with van der Waals surface area (Å²) in [6.45, 7) is 5.48. The van der Waals surface area contributed by atoms with Crippen molar-refractivity contribution in [2.45, 2.75) is 39.0 Å². The fourth-order valence-corrected chi connectivity index (χ4v) is 2.62. The van der Waals surface area contributed by atoms with Crippen molar-refractivity contribution in [1.29, 1.82) is 0 Å². The number of aryl methyl sites for hydroxylation is 2. The Morgan fingerprint density at radius 3 is 2.76 bits per heavy atom. The van der Waals surface area contributed by atoms with Gasteiger partial charge in [0.1, 0.15) is 5.69 Å². The van der Waals surface area contributed by atoms with E-state index < -0.39 is 0 Å². The summed E-state index contributed by atoms with van der Waals surface area (Å²) >= 11 is 0. The zero-order chi connectivity index (χ0) is 14.5. The maximum atomic E-state index is 5.29. The second-order valence-electron chi connectivity index (χ2n) is 5.58. The summed E-state index contributed by atoms with van der Waals surface area (Å²) < 4.78 is 5.29. The smallest absolute Gasteiger partial charge is 0.227 e. The third-order valence-corrected chi connectivity index (χ3v) is 3.81. The first kappa shape index (κ1) is 14.1. The van der Waals surface area contributed by atoms with Gasteiger partial charge in [0.05, 0.1) is 5.69 Å². The van der Waals surface area contributed by atoms with Gasteiger partial charge in [0.25, 0.3) is 0 Å². The molecule has 6 nitrogen and oxygen atoms in total. The van der Waals surface area contributed by atoms with Crippen molar-refractivity contribution in [3.8, 4) is 11.5 Å². The van der Waals surface area contributed by atoms with Gasteiger partial charge >= 0.3 is 0 Å². The van der Waals surface area contributed by atoms with E-state index in [0.717, 1.165) is 25.1 Å². The molecule has 0 aromatic carbocycles. The molecule has 112 valence electrons. The Hall–Kier alpha value is -1.82. The van der Waals surface area contributed by atoms with Crippen molar-refractivity contribution in [2.75, 3.05) is 19.6 Å². The van der Waals surface area contributed by atoms with Gasteiger partial charge in [-0.15, -0.1) is 5.10 Å². The van der Waals surface area contributed by atoms with Crippen LogP contribution in [0.1, 0.15) is 37.3 Å². The van der Waals surface area contributed by atoms with Gasteiger partial charge in [-0.1, -0.05) is 11.6 Å². The second-order valence-corrected chi connectivity index (χ2v) is 5.58. The first-order valence-corrected chi connectivity index (χ1v) is 7.67. The molecular formula is C15H21N5O. The molecular weight excluding hydrogens is 266 g/mol. The van der Waals surface area contributed by atoms with Crippen LogP contribution in [-0.2, 0) is 6.42 Å².